The summed E-state index contributed by atoms with van der Waals surface area (Å²) in [6, 6.07) is 26.1. The van der Waals surface area contributed by atoms with Crippen LogP contribution in [0.25, 0.3) is 0 Å². The third-order valence-electron chi connectivity index (χ3n) is 4.40. The average molecular weight is 339 g/mol. The second kappa shape index (κ2) is 8.35. The van der Waals surface area contributed by atoms with Gasteiger partial charge in [-0.3, -0.25) is 0 Å². The maximum Gasteiger partial charge on any atom is 0.0461 e. The summed E-state index contributed by atoms with van der Waals surface area (Å²) in [5, 5.41) is 0. The standard InChI is InChI=1S/C25H25N/c1-4-5-6-7-22-12-18-25(19-13-22)26(23-14-8-20(2)9-15-23)24-16-10-21(3)11-17-24/h4-6,8-19H,1,7H2,2-3H3/b6-5+. The summed E-state index contributed by atoms with van der Waals surface area (Å²) < 4.78 is 0. The van der Waals surface area contributed by atoms with Gasteiger partial charge in [0.1, 0.15) is 0 Å². The van der Waals surface area contributed by atoms with E-state index in [1.54, 1.807) is 0 Å². The zero-order valence-corrected chi connectivity index (χ0v) is 15.5. The summed E-state index contributed by atoms with van der Waals surface area (Å²) in [7, 11) is 0. The van der Waals surface area contributed by atoms with E-state index in [4.69, 9.17) is 0 Å². The lowest BCUT2D eigenvalue weighted by Gasteiger charge is -2.26. The second-order valence-electron chi connectivity index (χ2n) is 6.54. The molecule has 0 atom stereocenters. The Hall–Kier alpha value is -3.06. The van der Waals surface area contributed by atoms with Crippen molar-refractivity contribution >= 4 is 17.1 Å². The molecular formula is C25H25N. The molecule has 0 aliphatic rings. The first-order valence-electron chi connectivity index (χ1n) is 8.97. The monoisotopic (exact) mass is 339 g/mol. The van der Waals surface area contributed by atoms with Gasteiger partial charge in [-0.05, 0) is 62.2 Å². The highest BCUT2D eigenvalue weighted by Crippen LogP contribution is 2.34. The highest BCUT2D eigenvalue weighted by Gasteiger charge is 2.12. The van der Waals surface area contributed by atoms with Crippen molar-refractivity contribution in [3.8, 4) is 0 Å². The lowest BCUT2D eigenvalue weighted by Crippen LogP contribution is -2.09. The Kier molecular flexibility index (Phi) is 5.70. The number of hydrogen-bond donors (Lipinski definition) is 0. The molecule has 0 unspecified atom stereocenters. The lowest BCUT2D eigenvalue weighted by molar-refractivity contribution is 1.23. The second-order valence-corrected chi connectivity index (χ2v) is 6.54. The van der Waals surface area contributed by atoms with Crippen molar-refractivity contribution in [3.63, 3.8) is 0 Å². The minimum Gasteiger partial charge on any atom is -0.311 e. The molecule has 1 nitrogen and oxygen atoms in total. The third-order valence-corrected chi connectivity index (χ3v) is 4.40. The molecule has 0 radical (unpaired) electrons. The molecule has 0 amide bonds. The van der Waals surface area contributed by atoms with Gasteiger partial charge in [0, 0.05) is 17.1 Å². The van der Waals surface area contributed by atoms with Crippen LogP contribution in [0, 0.1) is 13.8 Å². The fourth-order valence-electron chi connectivity index (χ4n) is 2.92. The number of aryl methyl sites for hydroxylation is 2. The summed E-state index contributed by atoms with van der Waals surface area (Å²) in [6.07, 6.45) is 6.84. The molecule has 0 fully saturated rings. The van der Waals surface area contributed by atoms with Gasteiger partial charge < -0.3 is 4.90 Å². The average Bonchev–Trinajstić information content (AvgIpc) is 2.66. The van der Waals surface area contributed by atoms with Gasteiger partial charge >= 0.3 is 0 Å². The summed E-state index contributed by atoms with van der Waals surface area (Å²) in [6.45, 7) is 7.95. The van der Waals surface area contributed by atoms with Crippen molar-refractivity contribution < 1.29 is 0 Å². The maximum absolute atomic E-state index is 3.72. The number of allylic oxidation sites excluding steroid dienone is 3. The van der Waals surface area contributed by atoms with Crippen LogP contribution < -0.4 is 4.90 Å². The van der Waals surface area contributed by atoms with Gasteiger partial charge in [0.05, 0.1) is 0 Å². The minimum atomic E-state index is 0.918. The van der Waals surface area contributed by atoms with Crippen molar-refractivity contribution in [2.24, 2.45) is 0 Å². The fraction of sp³-hybridized carbons (Fsp3) is 0.120. The Morgan fingerprint density at radius 1 is 0.692 bits per heavy atom. The van der Waals surface area contributed by atoms with Crippen molar-refractivity contribution in [1.82, 2.24) is 0 Å². The molecule has 0 spiro atoms. The normalized spacial score (nSPS) is 10.8. The van der Waals surface area contributed by atoms with Gasteiger partial charge in [0.15, 0.2) is 0 Å². The van der Waals surface area contributed by atoms with Gasteiger partial charge in [0.25, 0.3) is 0 Å². The number of nitrogens with zero attached hydrogens (tertiary/aromatic N) is 1. The molecule has 0 heterocycles. The van der Waals surface area contributed by atoms with Crippen molar-refractivity contribution in [2.45, 2.75) is 20.3 Å². The van der Waals surface area contributed by atoms with Gasteiger partial charge in [0.2, 0.25) is 0 Å². The molecular weight excluding hydrogens is 314 g/mol. The van der Waals surface area contributed by atoms with Crippen LogP contribution in [-0.2, 0) is 6.42 Å². The third kappa shape index (κ3) is 4.31. The van der Waals surface area contributed by atoms with E-state index >= 15 is 0 Å². The zero-order chi connectivity index (χ0) is 18.4. The van der Waals surface area contributed by atoms with Crippen LogP contribution >= 0.6 is 0 Å². The van der Waals surface area contributed by atoms with Crippen LogP contribution in [0.2, 0.25) is 0 Å². The Balaban J connectivity index is 1.97. The smallest absolute Gasteiger partial charge is 0.0461 e. The Morgan fingerprint density at radius 3 is 1.54 bits per heavy atom. The minimum absolute atomic E-state index is 0.918. The topological polar surface area (TPSA) is 3.24 Å². The maximum atomic E-state index is 3.72. The van der Waals surface area contributed by atoms with Crippen molar-refractivity contribution in [2.75, 3.05) is 4.90 Å². The molecule has 0 saturated heterocycles. The Labute approximate surface area is 156 Å². The molecule has 0 aliphatic carbocycles. The molecule has 0 bridgehead atoms. The Bertz CT molecular complexity index is 823. The first-order chi connectivity index (χ1) is 12.7. The number of anilines is 3. The zero-order valence-electron chi connectivity index (χ0n) is 15.5. The van der Waals surface area contributed by atoms with Crippen LogP contribution in [0.15, 0.2) is 97.6 Å². The highest BCUT2D eigenvalue weighted by atomic mass is 15.1. The van der Waals surface area contributed by atoms with E-state index in [2.05, 4.69) is 104 Å². The Morgan fingerprint density at radius 2 is 1.12 bits per heavy atom. The number of hydrogen-bond acceptors (Lipinski definition) is 1. The van der Waals surface area contributed by atoms with Crippen LogP contribution in [0.4, 0.5) is 17.1 Å². The van der Waals surface area contributed by atoms with Gasteiger partial charge in [-0.15, -0.1) is 0 Å². The largest absolute Gasteiger partial charge is 0.311 e. The van der Waals surface area contributed by atoms with E-state index in [1.807, 2.05) is 12.2 Å². The molecule has 0 aliphatic heterocycles. The lowest BCUT2D eigenvalue weighted by atomic mass is 10.1. The molecule has 26 heavy (non-hydrogen) atoms. The first-order valence-corrected chi connectivity index (χ1v) is 8.97. The fourth-order valence-corrected chi connectivity index (χ4v) is 2.92. The first kappa shape index (κ1) is 17.8. The van der Waals surface area contributed by atoms with Gasteiger partial charge in [-0.1, -0.05) is 72.3 Å². The van der Waals surface area contributed by atoms with Crippen LogP contribution in [-0.4, -0.2) is 0 Å². The summed E-state index contributed by atoms with van der Waals surface area (Å²) in [5.41, 5.74) is 7.32. The van der Waals surface area contributed by atoms with Crippen molar-refractivity contribution in [1.29, 1.82) is 0 Å². The number of benzene rings is 3. The number of rotatable bonds is 6. The molecule has 3 rings (SSSR count). The SMILES string of the molecule is C=C/C=C/Cc1ccc(N(c2ccc(C)cc2)c2ccc(C)cc2)cc1. The highest BCUT2D eigenvalue weighted by molar-refractivity contribution is 5.76. The summed E-state index contributed by atoms with van der Waals surface area (Å²) >= 11 is 0. The van der Waals surface area contributed by atoms with Gasteiger partial charge in [-0.2, -0.15) is 0 Å². The van der Waals surface area contributed by atoms with E-state index in [9.17, 15) is 0 Å². The van der Waals surface area contributed by atoms with E-state index in [0.717, 1.165) is 12.1 Å². The van der Waals surface area contributed by atoms with Crippen molar-refractivity contribution in [3.05, 3.63) is 114 Å². The molecule has 0 N–H and O–H groups in total. The molecule has 0 saturated carbocycles. The quantitative estimate of drug-likeness (QED) is 0.435. The van der Waals surface area contributed by atoms with Gasteiger partial charge in [-0.25, -0.2) is 0 Å². The van der Waals surface area contributed by atoms with E-state index in [0.29, 0.717) is 0 Å². The van der Waals surface area contributed by atoms with Crippen LogP contribution in [0.5, 0.6) is 0 Å². The van der Waals surface area contributed by atoms with Crippen LogP contribution in [0.3, 0.4) is 0 Å². The van der Waals surface area contributed by atoms with E-state index in [-0.39, 0.29) is 0 Å². The van der Waals surface area contributed by atoms with E-state index in [1.165, 1.54) is 28.1 Å². The summed E-state index contributed by atoms with van der Waals surface area (Å²) in [4.78, 5) is 2.29. The summed E-state index contributed by atoms with van der Waals surface area (Å²) in [5.74, 6) is 0. The predicted octanol–water partition coefficient (Wildman–Crippen LogP) is 7.06. The molecule has 0 aromatic heterocycles. The molecule has 1 heteroatoms. The predicted molar refractivity (Wildman–Crippen MR) is 114 cm³/mol. The van der Waals surface area contributed by atoms with Crippen LogP contribution in [0.1, 0.15) is 16.7 Å². The molecule has 3 aromatic carbocycles. The molecule has 3 aromatic rings. The van der Waals surface area contributed by atoms with E-state index < -0.39 is 0 Å². The molecule has 130 valence electrons.